The maximum atomic E-state index is 12.9. The van der Waals surface area contributed by atoms with E-state index in [1.165, 1.54) is 15.8 Å². The maximum absolute atomic E-state index is 12.9. The normalized spacial score (nSPS) is 15.0. The van der Waals surface area contributed by atoms with Gasteiger partial charge in [0.1, 0.15) is 0 Å². The first-order valence-electron chi connectivity index (χ1n) is 8.16. The summed E-state index contributed by atoms with van der Waals surface area (Å²) in [5.41, 5.74) is 2.28. The molecule has 0 unspecified atom stereocenters. The predicted molar refractivity (Wildman–Crippen MR) is 98.9 cm³/mol. The third-order valence-electron chi connectivity index (χ3n) is 4.63. The molecule has 0 radical (unpaired) electrons. The minimum atomic E-state index is 0.170. The number of piperazine rings is 1. The van der Waals surface area contributed by atoms with Crippen LogP contribution in [-0.2, 0) is 0 Å². The molecule has 1 saturated heterocycles. The number of carbonyl (C=O) groups is 1. The number of aromatic nitrogens is 1. The number of fused-ring (bicyclic) bond motifs is 1. The van der Waals surface area contributed by atoms with Crippen LogP contribution in [0.5, 0.6) is 0 Å². The first-order valence-corrected chi connectivity index (χ1v) is 8.98. The molecule has 24 heavy (non-hydrogen) atoms. The number of hydrogen-bond donors (Lipinski definition) is 0. The Morgan fingerprint density at radius 3 is 2.46 bits per heavy atom. The first kappa shape index (κ1) is 15.1. The molecule has 1 aromatic carbocycles. The lowest BCUT2D eigenvalue weighted by Gasteiger charge is -2.36. The fraction of sp³-hybridized carbons (Fsp3) is 0.263. The molecule has 4 nitrogen and oxygen atoms in total. The van der Waals surface area contributed by atoms with Gasteiger partial charge in [0.25, 0.3) is 5.91 Å². The highest BCUT2D eigenvalue weighted by atomic mass is 32.1. The summed E-state index contributed by atoms with van der Waals surface area (Å²) in [6, 6.07) is 12.3. The zero-order chi connectivity index (χ0) is 16.5. The van der Waals surface area contributed by atoms with E-state index in [1.54, 1.807) is 11.3 Å². The molecule has 1 amide bonds. The molecule has 0 saturated carbocycles. The van der Waals surface area contributed by atoms with Gasteiger partial charge < -0.3 is 9.80 Å². The predicted octanol–water partition coefficient (Wildman–Crippen LogP) is 3.57. The van der Waals surface area contributed by atoms with Crippen molar-refractivity contribution >= 4 is 33.0 Å². The van der Waals surface area contributed by atoms with Crippen LogP contribution in [-0.4, -0.2) is 42.0 Å². The van der Waals surface area contributed by atoms with Crippen LogP contribution in [0, 0.1) is 6.92 Å². The standard InChI is InChI=1S/C19H19N3OS/c1-14-16-4-2-3-5-17(16)24-18(14)19(23)22-12-10-21(11-13-22)15-6-8-20-9-7-15/h2-9H,10-13H2,1H3. The van der Waals surface area contributed by atoms with Crippen molar-refractivity contribution in [2.45, 2.75) is 6.92 Å². The van der Waals surface area contributed by atoms with E-state index in [2.05, 4.69) is 28.9 Å². The number of hydrogen-bond acceptors (Lipinski definition) is 4. The van der Waals surface area contributed by atoms with E-state index in [1.807, 2.05) is 41.6 Å². The second-order valence-corrected chi connectivity index (χ2v) is 7.09. The smallest absolute Gasteiger partial charge is 0.264 e. The first-order chi connectivity index (χ1) is 11.7. The summed E-state index contributed by atoms with van der Waals surface area (Å²) in [4.78, 5) is 22.2. The Balaban J connectivity index is 1.51. The van der Waals surface area contributed by atoms with Gasteiger partial charge in [0.05, 0.1) is 4.88 Å². The molecule has 0 aliphatic carbocycles. The van der Waals surface area contributed by atoms with E-state index in [-0.39, 0.29) is 5.91 Å². The van der Waals surface area contributed by atoms with Crippen molar-refractivity contribution in [2.75, 3.05) is 31.1 Å². The van der Waals surface area contributed by atoms with Crippen molar-refractivity contribution in [3.8, 4) is 0 Å². The molecule has 0 bridgehead atoms. The second kappa shape index (κ2) is 6.24. The number of thiophene rings is 1. The third-order valence-corrected chi connectivity index (χ3v) is 5.89. The molecule has 1 aliphatic rings. The molecule has 3 heterocycles. The number of amides is 1. The van der Waals surface area contributed by atoms with Gasteiger partial charge in [0.2, 0.25) is 0 Å². The maximum Gasteiger partial charge on any atom is 0.264 e. The number of rotatable bonds is 2. The lowest BCUT2D eigenvalue weighted by molar-refractivity contribution is 0.0751. The van der Waals surface area contributed by atoms with E-state index in [9.17, 15) is 4.79 Å². The van der Waals surface area contributed by atoms with E-state index in [4.69, 9.17) is 0 Å². The number of pyridine rings is 1. The molecule has 0 atom stereocenters. The van der Waals surface area contributed by atoms with Crippen LogP contribution in [0.2, 0.25) is 0 Å². The van der Waals surface area contributed by atoms with Crippen LogP contribution < -0.4 is 4.90 Å². The Hall–Kier alpha value is -2.40. The highest BCUT2D eigenvalue weighted by Gasteiger charge is 2.25. The van der Waals surface area contributed by atoms with Gasteiger partial charge in [-0.3, -0.25) is 9.78 Å². The lowest BCUT2D eigenvalue weighted by Crippen LogP contribution is -2.48. The van der Waals surface area contributed by atoms with Gasteiger partial charge in [-0.05, 0) is 36.1 Å². The molecule has 0 N–H and O–H groups in total. The molecule has 4 rings (SSSR count). The van der Waals surface area contributed by atoms with E-state index >= 15 is 0 Å². The van der Waals surface area contributed by atoms with Gasteiger partial charge in [-0.2, -0.15) is 0 Å². The lowest BCUT2D eigenvalue weighted by atomic mass is 10.1. The quantitative estimate of drug-likeness (QED) is 0.717. The summed E-state index contributed by atoms with van der Waals surface area (Å²) >= 11 is 1.61. The van der Waals surface area contributed by atoms with Crippen molar-refractivity contribution in [2.24, 2.45) is 0 Å². The molecule has 122 valence electrons. The van der Waals surface area contributed by atoms with Crippen LogP contribution in [0.1, 0.15) is 15.2 Å². The third kappa shape index (κ3) is 2.65. The Bertz CT molecular complexity index is 867. The Morgan fingerprint density at radius 2 is 1.75 bits per heavy atom. The zero-order valence-electron chi connectivity index (χ0n) is 13.6. The average molecular weight is 337 g/mol. The van der Waals surface area contributed by atoms with Crippen molar-refractivity contribution in [3.05, 3.63) is 59.2 Å². The summed E-state index contributed by atoms with van der Waals surface area (Å²) in [5.74, 6) is 0.170. The molecule has 3 aromatic rings. The molecule has 2 aromatic heterocycles. The number of aryl methyl sites for hydroxylation is 1. The molecule has 0 spiro atoms. The zero-order valence-corrected chi connectivity index (χ0v) is 14.4. The van der Waals surface area contributed by atoms with Gasteiger partial charge >= 0.3 is 0 Å². The minimum absolute atomic E-state index is 0.170. The van der Waals surface area contributed by atoms with Gasteiger partial charge in [0, 0.05) is 49.0 Å². The van der Waals surface area contributed by atoms with Crippen LogP contribution in [0.4, 0.5) is 5.69 Å². The van der Waals surface area contributed by atoms with Gasteiger partial charge in [-0.25, -0.2) is 0 Å². The van der Waals surface area contributed by atoms with Crippen LogP contribution in [0.15, 0.2) is 48.8 Å². The van der Waals surface area contributed by atoms with Crippen molar-refractivity contribution in [3.63, 3.8) is 0 Å². The Kier molecular flexibility index (Phi) is 3.94. The molecule has 5 heteroatoms. The number of benzene rings is 1. The summed E-state index contributed by atoms with van der Waals surface area (Å²) in [7, 11) is 0. The highest BCUT2D eigenvalue weighted by Crippen LogP contribution is 2.31. The van der Waals surface area contributed by atoms with Crippen LogP contribution in [0.25, 0.3) is 10.1 Å². The summed E-state index contributed by atoms with van der Waals surface area (Å²) in [6.45, 7) is 5.29. The highest BCUT2D eigenvalue weighted by molar-refractivity contribution is 7.21. The van der Waals surface area contributed by atoms with Gasteiger partial charge in [-0.1, -0.05) is 18.2 Å². The molecular weight excluding hydrogens is 318 g/mol. The van der Waals surface area contributed by atoms with Crippen LogP contribution >= 0.6 is 11.3 Å². The van der Waals surface area contributed by atoms with Crippen molar-refractivity contribution in [1.29, 1.82) is 0 Å². The molecular formula is C19H19N3OS. The van der Waals surface area contributed by atoms with Crippen molar-refractivity contribution < 1.29 is 4.79 Å². The Labute approximate surface area is 145 Å². The SMILES string of the molecule is Cc1c(C(=O)N2CCN(c3ccncc3)CC2)sc2ccccc12. The summed E-state index contributed by atoms with van der Waals surface area (Å²) < 4.78 is 1.19. The van der Waals surface area contributed by atoms with E-state index in [0.29, 0.717) is 0 Å². The number of anilines is 1. The minimum Gasteiger partial charge on any atom is -0.368 e. The fourth-order valence-electron chi connectivity index (χ4n) is 3.24. The van der Waals surface area contributed by atoms with Gasteiger partial charge in [0.15, 0.2) is 0 Å². The monoisotopic (exact) mass is 337 g/mol. The summed E-state index contributed by atoms with van der Waals surface area (Å²) in [5, 5.41) is 1.20. The van der Waals surface area contributed by atoms with Gasteiger partial charge in [-0.15, -0.1) is 11.3 Å². The second-order valence-electron chi connectivity index (χ2n) is 6.04. The molecule has 1 aliphatic heterocycles. The van der Waals surface area contributed by atoms with E-state index in [0.717, 1.165) is 36.6 Å². The Morgan fingerprint density at radius 1 is 1.04 bits per heavy atom. The van der Waals surface area contributed by atoms with Crippen LogP contribution in [0.3, 0.4) is 0 Å². The topological polar surface area (TPSA) is 36.4 Å². The number of nitrogens with zero attached hydrogens (tertiary/aromatic N) is 3. The summed E-state index contributed by atoms with van der Waals surface area (Å²) in [6.07, 6.45) is 3.63. The largest absolute Gasteiger partial charge is 0.368 e. The van der Waals surface area contributed by atoms with Crippen molar-refractivity contribution in [1.82, 2.24) is 9.88 Å². The fourth-order valence-corrected chi connectivity index (χ4v) is 4.42. The van der Waals surface area contributed by atoms with E-state index < -0.39 is 0 Å². The average Bonchev–Trinajstić information content (AvgIpc) is 2.99. The number of carbonyl (C=O) groups excluding carboxylic acids is 1. The molecule has 1 fully saturated rings.